The van der Waals surface area contributed by atoms with Crippen molar-refractivity contribution >= 4 is 11.7 Å². The molecule has 0 fully saturated rings. The predicted octanol–water partition coefficient (Wildman–Crippen LogP) is 2.97. The molecule has 0 spiro atoms. The molecule has 0 radical (unpaired) electrons. The van der Waals surface area contributed by atoms with Crippen molar-refractivity contribution in [3.05, 3.63) is 23.9 Å². The molecule has 1 aromatic rings. The van der Waals surface area contributed by atoms with E-state index in [0.717, 1.165) is 6.42 Å². The smallest absolute Gasteiger partial charge is 0.370 e. The number of hydrogen-bond acceptors (Lipinski definition) is 3. The van der Waals surface area contributed by atoms with Crippen LogP contribution in [0, 0.1) is 0 Å². The normalized spacial score (nSPS) is 12.8. The van der Waals surface area contributed by atoms with E-state index in [-0.39, 0.29) is 5.56 Å². The summed E-state index contributed by atoms with van der Waals surface area (Å²) in [6, 6.07) is 2.01. The molecule has 0 aromatic carbocycles. The molecular weight excluding hydrogens is 271 g/mol. The van der Waals surface area contributed by atoms with Crippen LogP contribution in [0.25, 0.3) is 0 Å². The zero-order chi connectivity index (χ0) is 15.2. The summed E-state index contributed by atoms with van der Waals surface area (Å²) in [7, 11) is 0. The summed E-state index contributed by atoms with van der Waals surface area (Å²) in [5.41, 5.74) is 0.285. The fourth-order valence-corrected chi connectivity index (χ4v) is 1.63. The first-order valence-corrected chi connectivity index (χ1v) is 6.39. The first-order chi connectivity index (χ1) is 9.31. The molecule has 1 unspecified atom stereocenters. The van der Waals surface area contributed by atoms with Gasteiger partial charge in [0.15, 0.2) is 0 Å². The second-order valence-electron chi connectivity index (χ2n) is 4.55. The van der Waals surface area contributed by atoms with Crippen molar-refractivity contribution in [3.8, 4) is 0 Å². The van der Waals surface area contributed by atoms with Gasteiger partial charge in [-0.25, -0.2) is 4.98 Å². The van der Waals surface area contributed by atoms with Crippen molar-refractivity contribution in [2.45, 2.75) is 38.9 Å². The molecule has 1 heterocycles. The summed E-state index contributed by atoms with van der Waals surface area (Å²) in [5, 5.41) is 5.33. The minimum absolute atomic E-state index is 0.285. The number of pyridine rings is 1. The number of amides is 1. The minimum Gasteiger partial charge on any atom is -0.370 e. The van der Waals surface area contributed by atoms with Gasteiger partial charge in [0.25, 0.3) is 5.91 Å². The maximum absolute atomic E-state index is 12.2. The highest BCUT2D eigenvalue weighted by Gasteiger charge is 2.30. The van der Waals surface area contributed by atoms with E-state index in [9.17, 15) is 18.0 Å². The second kappa shape index (κ2) is 7.12. The van der Waals surface area contributed by atoms with Gasteiger partial charge in [0.05, 0.1) is 6.42 Å². The fraction of sp³-hybridized carbons (Fsp3) is 0.538. The SMILES string of the molecule is CCCNc1cc(C(=O)NC(C)CC(F)(F)F)ccn1. The topological polar surface area (TPSA) is 54.0 Å². The molecule has 4 nitrogen and oxygen atoms in total. The van der Waals surface area contributed by atoms with E-state index in [1.807, 2.05) is 6.92 Å². The number of aromatic nitrogens is 1. The van der Waals surface area contributed by atoms with Crippen LogP contribution in [0.1, 0.15) is 37.0 Å². The Morgan fingerprint density at radius 2 is 2.15 bits per heavy atom. The molecule has 0 aliphatic rings. The standard InChI is InChI=1S/C13H18F3N3O/c1-3-5-17-11-7-10(4-6-18-11)12(20)19-9(2)8-13(14,15)16/h4,6-7,9H,3,5,8H2,1-2H3,(H,17,18)(H,19,20). The van der Waals surface area contributed by atoms with E-state index < -0.39 is 24.5 Å². The van der Waals surface area contributed by atoms with Gasteiger partial charge in [-0.05, 0) is 25.5 Å². The summed E-state index contributed by atoms with van der Waals surface area (Å²) in [5.74, 6) is -0.00771. The second-order valence-corrected chi connectivity index (χ2v) is 4.55. The van der Waals surface area contributed by atoms with Gasteiger partial charge in [-0.3, -0.25) is 4.79 Å². The molecule has 7 heteroatoms. The van der Waals surface area contributed by atoms with Crippen molar-refractivity contribution in [2.24, 2.45) is 0 Å². The van der Waals surface area contributed by atoms with Gasteiger partial charge in [-0.15, -0.1) is 0 Å². The number of carbonyl (C=O) groups is 1. The Morgan fingerprint density at radius 3 is 2.75 bits per heavy atom. The van der Waals surface area contributed by atoms with E-state index in [2.05, 4.69) is 15.6 Å². The number of nitrogens with zero attached hydrogens (tertiary/aromatic N) is 1. The lowest BCUT2D eigenvalue weighted by Crippen LogP contribution is -2.36. The Morgan fingerprint density at radius 1 is 1.45 bits per heavy atom. The third-order valence-corrected chi connectivity index (χ3v) is 2.49. The van der Waals surface area contributed by atoms with Crippen molar-refractivity contribution in [1.82, 2.24) is 10.3 Å². The van der Waals surface area contributed by atoms with Gasteiger partial charge >= 0.3 is 6.18 Å². The summed E-state index contributed by atoms with van der Waals surface area (Å²) < 4.78 is 36.6. The number of carbonyl (C=O) groups excluding carboxylic acids is 1. The quantitative estimate of drug-likeness (QED) is 0.846. The van der Waals surface area contributed by atoms with E-state index in [1.54, 1.807) is 0 Å². The van der Waals surface area contributed by atoms with E-state index in [0.29, 0.717) is 12.4 Å². The Labute approximate surface area is 115 Å². The lowest BCUT2D eigenvalue weighted by atomic mass is 10.2. The van der Waals surface area contributed by atoms with Crippen molar-refractivity contribution in [3.63, 3.8) is 0 Å². The van der Waals surface area contributed by atoms with Crippen LogP contribution < -0.4 is 10.6 Å². The molecule has 2 N–H and O–H groups in total. The zero-order valence-electron chi connectivity index (χ0n) is 11.4. The Bertz CT molecular complexity index is 449. The van der Waals surface area contributed by atoms with E-state index >= 15 is 0 Å². The summed E-state index contributed by atoms with van der Waals surface area (Å²) in [6.07, 6.45) is -2.99. The first kappa shape index (κ1) is 16.3. The summed E-state index contributed by atoms with van der Waals surface area (Å²) in [6.45, 7) is 4.02. The van der Waals surface area contributed by atoms with Crippen LogP contribution in [0.15, 0.2) is 18.3 Å². The molecule has 1 aromatic heterocycles. The third-order valence-electron chi connectivity index (χ3n) is 2.49. The number of alkyl halides is 3. The number of hydrogen-bond donors (Lipinski definition) is 2. The highest BCUT2D eigenvalue weighted by molar-refractivity contribution is 5.94. The molecule has 112 valence electrons. The van der Waals surface area contributed by atoms with Crippen molar-refractivity contribution in [1.29, 1.82) is 0 Å². The Hall–Kier alpha value is -1.79. The van der Waals surface area contributed by atoms with Gasteiger partial charge < -0.3 is 10.6 Å². The fourth-order valence-electron chi connectivity index (χ4n) is 1.63. The van der Waals surface area contributed by atoms with E-state index in [4.69, 9.17) is 0 Å². The number of halogens is 3. The highest BCUT2D eigenvalue weighted by atomic mass is 19.4. The molecule has 1 rings (SSSR count). The Balaban J connectivity index is 2.63. The molecule has 1 atom stereocenters. The van der Waals surface area contributed by atoms with Crippen LogP contribution in [0.4, 0.5) is 19.0 Å². The summed E-state index contributed by atoms with van der Waals surface area (Å²) in [4.78, 5) is 15.9. The van der Waals surface area contributed by atoms with Crippen LogP contribution in [-0.2, 0) is 0 Å². The van der Waals surface area contributed by atoms with Gasteiger partial charge in [0.2, 0.25) is 0 Å². The minimum atomic E-state index is -4.29. The lowest BCUT2D eigenvalue weighted by Gasteiger charge is -2.16. The van der Waals surface area contributed by atoms with Crippen LogP contribution in [0.5, 0.6) is 0 Å². The monoisotopic (exact) mass is 289 g/mol. The van der Waals surface area contributed by atoms with Crippen LogP contribution in [-0.4, -0.2) is 29.7 Å². The number of anilines is 1. The average Bonchev–Trinajstić information content (AvgIpc) is 2.34. The van der Waals surface area contributed by atoms with Gasteiger partial charge in [0.1, 0.15) is 5.82 Å². The third kappa shape index (κ3) is 5.90. The molecular formula is C13H18F3N3O. The van der Waals surface area contributed by atoms with E-state index in [1.165, 1.54) is 25.3 Å². The molecule has 0 saturated heterocycles. The van der Waals surface area contributed by atoms with Gasteiger partial charge in [-0.1, -0.05) is 6.92 Å². The Kier molecular flexibility index (Phi) is 5.79. The van der Waals surface area contributed by atoms with Crippen molar-refractivity contribution < 1.29 is 18.0 Å². The van der Waals surface area contributed by atoms with Crippen LogP contribution in [0.2, 0.25) is 0 Å². The maximum atomic E-state index is 12.2. The van der Waals surface area contributed by atoms with Crippen molar-refractivity contribution in [2.75, 3.05) is 11.9 Å². The first-order valence-electron chi connectivity index (χ1n) is 6.39. The molecule has 0 saturated carbocycles. The molecule has 20 heavy (non-hydrogen) atoms. The lowest BCUT2D eigenvalue weighted by molar-refractivity contribution is -0.138. The average molecular weight is 289 g/mol. The number of nitrogens with one attached hydrogen (secondary N) is 2. The number of rotatable bonds is 6. The molecule has 0 aliphatic carbocycles. The highest BCUT2D eigenvalue weighted by Crippen LogP contribution is 2.21. The van der Waals surface area contributed by atoms with Crippen LogP contribution in [0.3, 0.4) is 0 Å². The molecule has 0 aliphatic heterocycles. The van der Waals surface area contributed by atoms with Gasteiger partial charge in [0, 0.05) is 24.3 Å². The van der Waals surface area contributed by atoms with Crippen LogP contribution >= 0.6 is 0 Å². The maximum Gasteiger partial charge on any atom is 0.391 e. The predicted molar refractivity (Wildman–Crippen MR) is 70.6 cm³/mol. The molecule has 0 bridgehead atoms. The molecule has 1 amide bonds. The van der Waals surface area contributed by atoms with Gasteiger partial charge in [-0.2, -0.15) is 13.2 Å². The largest absolute Gasteiger partial charge is 0.391 e. The summed E-state index contributed by atoms with van der Waals surface area (Å²) >= 11 is 0. The zero-order valence-corrected chi connectivity index (χ0v) is 11.4.